The first-order chi connectivity index (χ1) is 9.58. The normalized spacial score (nSPS) is 10.9. The molecule has 0 fully saturated rings. The lowest BCUT2D eigenvalue weighted by Crippen LogP contribution is -2.16. The molecule has 0 saturated heterocycles. The van der Waals surface area contributed by atoms with E-state index in [1.807, 2.05) is 26.0 Å². The van der Waals surface area contributed by atoms with Crippen molar-refractivity contribution in [3.05, 3.63) is 22.7 Å². The largest absolute Gasteiger partial charge is 0.490 e. The summed E-state index contributed by atoms with van der Waals surface area (Å²) in [6, 6.07) is 3.94. The number of hydrogen-bond donors (Lipinski definition) is 1. The Hall–Kier alpha value is -0.930. The Balaban J connectivity index is 2.72. The molecule has 20 heavy (non-hydrogen) atoms. The van der Waals surface area contributed by atoms with Crippen molar-refractivity contribution in [3.8, 4) is 11.5 Å². The summed E-state index contributed by atoms with van der Waals surface area (Å²) in [5, 5.41) is 4.04. The number of hydrogen-bond acceptors (Lipinski definition) is 3. The van der Waals surface area contributed by atoms with E-state index in [0.29, 0.717) is 29.9 Å². The molecule has 0 aliphatic rings. The summed E-state index contributed by atoms with van der Waals surface area (Å²) >= 11 is 6.28. The zero-order valence-corrected chi connectivity index (χ0v) is 13.7. The van der Waals surface area contributed by atoms with Gasteiger partial charge in [0.1, 0.15) is 0 Å². The molecule has 114 valence electrons. The van der Waals surface area contributed by atoms with Gasteiger partial charge in [0.05, 0.1) is 18.2 Å². The second kappa shape index (κ2) is 9.09. The molecule has 0 aliphatic heterocycles. The molecule has 0 bridgehead atoms. The summed E-state index contributed by atoms with van der Waals surface area (Å²) in [5.74, 6) is 2.08. The van der Waals surface area contributed by atoms with Crippen LogP contribution in [0.15, 0.2) is 12.1 Å². The van der Waals surface area contributed by atoms with E-state index in [2.05, 4.69) is 19.2 Å². The van der Waals surface area contributed by atoms with Crippen LogP contribution in [0.4, 0.5) is 0 Å². The summed E-state index contributed by atoms with van der Waals surface area (Å²) < 4.78 is 11.2. The van der Waals surface area contributed by atoms with Gasteiger partial charge < -0.3 is 14.8 Å². The lowest BCUT2D eigenvalue weighted by molar-refractivity contribution is 0.287. The highest BCUT2D eigenvalue weighted by Gasteiger charge is 2.12. The molecule has 0 heterocycles. The van der Waals surface area contributed by atoms with E-state index in [0.717, 1.165) is 24.4 Å². The maximum absolute atomic E-state index is 6.28. The maximum Gasteiger partial charge on any atom is 0.179 e. The Kier molecular flexibility index (Phi) is 7.78. The van der Waals surface area contributed by atoms with Crippen LogP contribution in [0.2, 0.25) is 5.02 Å². The van der Waals surface area contributed by atoms with Gasteiger partial charge in [-0.3, -0.25) is 0 Å². The average Bonchev–Trinajstić information content (AvgIpc) is 2.39. The predicted molar refractivity (Wildman–Crippen MR) is 85.0 cm³/mol. The fraction of sp³-hybridized carbons (Fsp3) is 0.625. The summed E-state index contributed by atoms with van der Waals surface area (Å²) in [4.78, 5) is 0. The lowest BCUT2D eigenvalue weighted by Gasteiger charge is -2.15. The second-order valence-corrected chi connectivity index (χ2v) is 5.54. The number of benzene rings is 1. The van der Waals surface area contributed by atoms with E-state index in [9.17, 15) is 0 Å². The Morgan fingerprint density at radius 3 is 2.45 bits per heavy atom. The van der Waals surface area contributed by atoms with Gasteiger partial charge in [-0.15, -0.1) is 0 Å². The van der Waals surface area contributed by atoms with Crippen LogP contribution in [0.1, 0.15) is 39.7 Å². The standard InChI is InChI=1S/C16H26ClNO2/c1-5-19-15-10-13(11-18-8-7-12(3)4)9-14(17)16(15)20-6-2/h9-10,12,18H,5-8,11H2,1-4H3. The van der Waals surface area contributed by atoms with Crippen LogP contribution in [0.25, 0.3) is 0 Å². The first kappa shape index (κ1) is 17.1. The van der Waals surface area contributed by atoms with Crippen LogP contribution in [-0.4, -0.2) is 19.8 Å². The smallest absolute Gasteiger partial charge is 0.179 e. The molecule has 0 amide bonds. The monoisotopic (exact) mass is 299 g/mol. The van der Waals surface area contributed by atoms with Crippen molar-refractivity contribution in [1.82, 2.24) is 5.32 Å². The molecule has 0 radical (unpaired) electrons. The Labute approximate surface area is 127 Å². The Morgan fingerprint density at radius 2 is 1.85 bits per heavy atom. The first-order valence-corrected chi connectivity index (χ1v) is 7.75. The van der Waals surface area contributed by atoms with Gasteiger partial charge in [-0.2, -0.15) is 0 Å². The van der Waals surface area contributed by atoms with E-state index >= 15 is 0 Å². The van der Waals surface area contributed by atoms with Crippen LogP contribution in [0.5, 0.6) is 11.5 Å². The molecule has 0 aliphatic carbocycles. The molecule has 4 heteroatoms. The van der Waals surface area contributed by atoms with Gasteiger partial charge in [0.25, 0.3) is 0 Å². The molecule has 1 rings (SSSR count). The van der Waals surface area contributed by atoms with E-state index < -0.39 is 0 Å². The average molecular weight is 300 g/mol. The molecule has 1 aromatic carbocycles. The van der Waals surface area contributed by atoms with Crippen molar-refractivity contribution in [2.45, 2.75) is 40.7 Å². The highest BCUT2D eigenvalue weighted by atomic mass is 35.5. The van der Waals surface area contributed by atoms with E-state index in [-0.39, 0.29) is 0 Å². The topological polar surface area (TPSA) is 30.5 Å². The molecule has 0 saturated carbocycles. The van der Waals surface area contributed by atoms with Crippen molar-refractivity contribution in [2.24, 2.45) is 5.92 Å². The van der Waals surface area contributed by atoms with Crippen molar-refractivity contribution in [2.75, 3.05) is 19.8 Å². The maximum atomic E-state index is 6.28. The predicted octanol–water partition coefficient (Wildman–Crippen LogP) is 4.27. The van der Waals surface area contributed by atoms with Crippen molar-refractivity contribution in [3.63, 3.8) is 0 Å². The van der Waals surface area contributed by atoms with Crippen molar-refractivity contribution < 1.29 is 9.47 Å². The van der Waals surface area contributed by atoms with Crippen LogP contribution >= 0.6 is 11.6 Å². The third-order valence-corrected chi connectivity index (χ3v) is 3.17. The van der Waals surface area contributed by atoms with Crippen LogP contribution < -0.4 is 14.8 Å². The zero-order chi connectivity index (χ0) is 15.0. The van der Waals surface area contributed by atoms with Crippen LogP contribution in [0, 0.1) is 5.92 Å². The second-order valence-electron chi connectivity index (χ2n) is 5.13. The third-order valence-electron chi connectivity index (χ3n) is 2.89. The van der Waals surface area contributed by atoms with E-state index in [1.54, 1.807) is 0 Å². The van der Waals surface area contributed by atoms with Crippen LogP contribution in [-0.2, 0) is 6.54 Å². The Bertz CT molecular complexity index is 408. The van der Waals surface area contributed by atoms with Gasteiger partial charge >= 0.3 is 0 Å². The van der Waals surface area contributed by atoms with E-state index in [4.69, 9.17) is 21.1 Å². The van der Waals surface area contributed by atoms with Gasteiger partial charge in [-0.1, -0.05) is 25.4 Å². The third kappa shape index (κ3) is 5.59. The van der Waals surface area contributed by atoms with Gasteiger partial charge in [-0.05, 0) is 50.4 Å². The molecule has 0 atom stereocenters. The minimum Gasteiger partial charge on any atom is -0.490 e. The molecule has 0 unspecified atom stereocenters. The molecule has 0 spiro atoms. The molecule has 0 aromatic heterocycles. The summed E-state index contributed by atoms with van der Waals surface area (Å²) in [6.45, 7) is 11.3. The fourth-order valence-corrected chi connectivity index (χ4v) is 2.18. The Morgan fingerprint density at radius 1 is 1.15 bits per heavy atom. The molecular weight excluding hydrogens is 274 g/mol. The number of ether oxygens (including phenoxy) is 2. The molecule has 3 nitrogen and oxygen atoms in total. The summed E-state index contributed by atoms with van der Waals surface area (Å²) in [6.07, 6.45) is 1.17. The van der Waals surface area contributed by atoms with E-state index in [1.165, 1.54) is 6.42 Å². The minimum atomic E-state index is 0.575. The van der Waals surface area contributed by atoms with Gasteiger partial charge in [-0.25, -0.2) is 0 Å². The highest BCUT2D eigenvalue weighted by Crippen LogP contribution is 2.36. The van der Waals surface area contributed by atoms with Crippen molar-refractivity contribution in [1.29, 1.82) is 0 Å². The zero-order valence-electron chi connectivity index (χ0n) is 13.0. The quantitative estimate of drug-likeness (QED) is 0.691. The fourth-order valence-electron chi connectivity index (χ4n) is 1.89. The summed E-state index contributed by atoms with van der Waals surface area (Å²) in [7, 11) is 0. The highest BCUT2D eigenvalue weighted by molar-refractivity contribution is 6.32. The number of halogens is 1. The minimum absolute atomic E-state index is 0.575. The van der Waals surface area contributed by atoms with Crippen LogP contribution in [0.3, 0.4) is 0 Å². The lowest BCUT2D eigenvalue weighted by atomic mass is 10.1. The molecule has 1 aromatic rings. The molecule has 1 N–H and O–H groups in total. The first-order valence-electron chi connectivity index (χ1n) is 7.37. The van der Waals surface area contributed by atoms with Crippen molar-refractivity contribution >= 4 is 11.6 Å². The summed E-state index contributed by atoms with van der Waals surface area (Å²) in [5.41, 5.74) is 1.12. The number of rotatable bonds is 9. The molecular formula is C16H26ClNO2. The number of nitrogens with one attached hydrogen (secondary N) is 1. The van der Waals surface area contributed by atoms with Gasteiger partial charge in [0, 0.05) is 6.54 Å². The SMILES string of the molecule is CCOc1cc(CNCCC(C)C)cc(Cl)c1OCC. The van der Waals surface area contributed by atoms with Gasteiger partial charge in [0.15, 0.2) is 11.5 Å². The van der Waals surface area contributed by atoms with Gasteiger partial charge in [0.2, 0.25) is 0 Å².